The Morgan fingerprint density at radius 3 is 2.76 bits per heavy atom. The van der Waals surface area contributed by atoms with Gasteiger partial charge in [-0.1, -0.05) is 39.7 Å². The third kappa shape index (κ3) is 3.24. The van der Waals surface area contributed by atoms with Gasteiger partial charge in [-0.25, -0.2) is 0 Å². The van der Waals surface area contributed by atoms with Crippen LogP contribution >= 0.6 is 27.5 Å². The van der Waals surface area contributed by atoms with Crippen molar-refractivity contribution in [2.24, 2.45) is 0 Å². The highest BCUT2D eigenvalue weighted by atomic mass is 79.9. The van der Waals surface area contributed by atoms with Crippen LogP contribution in [0.25, 0.3) is 0 Å². The molecule has 2 rings (SSSR count). The summed E-state index contributed by atoms with van der Waals surface area (Å²) in [5, 5.41) is 0.316. The number of halogens is 2. The average molecular weight is 317 g/mol. The second-order valence-electron chi connectivity index (χ2n) is 3.38. The SMILES string of the molecule is [2H]C([2H])([2H])Oc1ccc(C([2H])([2H])c2cc(Br)ccc2Cl)cc1. The Kier molecular flexibility index (Phi) is 2.44. The number of benzene rings is 2. The maximum absolute atomic E-state index is 8.31. The summed E-state index contributed by atoms with van der Waals surface area (Å²) >= 11 is 9.39. The third-order valence-electron chi connectivity index (χ3n) is 2.18. The molecule has 0 aliphatic heterocycles. The molecule has 2 aromatic carbocycles. The number of hydrogen-bond acceptors (Lipinski definition) is 1. The summed E-state index contributed by atoms with van der Waals surface area (Å²) in [5.41, 5.74) is 0.679. The van der Waals surface area contributed by atoms with Gasteiger partial charge in [0.15, 0.2) is 0 Å². The summed E-state index contributed by atoms with van der Waals surface area (Å²) in [4.78, 5) is 0. The summed E-state index contributed by atoms with van der Waals surface area (Å²) in [5.74, 6) is 0.153. The minimum absolute atomic E-state index is 0.153. The number of ether oxygens (including phenoxy) is 1. The van der Waals surface area contributed by atoms with Gasteiger partial charge in [0.1, 0.15) is 5.75 Å². The van der Waals surface area contributed by atoms with E-state index in [9.17, 15) is 0 Å². The van der Waals surface area contributed by atoms with E-state index in [0.29, 0.717) is 16.1 Å². The van der Waals surface area contributed by atoms with E-state index in [1.54, 1.807) is 18.2 Å². The van der Waals surface area contributed by atoms with Crippen LogP contribution in [0.5, 0.6) is 5.75 Å². The Bertz CT molecular complexity index is 670. The molecule has 0 heterocycles. The molecule has 0 radical (unpaired) electrons. The van der Waals surface area contributed by atoms with Gasteiger partial charge in [0.2, 0.25) is 0 Å². The molecular weight excluding hydrogens is 300 g/mol. The van der Waals surface area contributed by atoms with Crippen LogP contribution in [-0.2, 0) is 6.37 Å². The first-order chi connectivity index (χ1) is 10.1. The van der Waals surface area contributed by atoms with Gasteiger partial charge in [-0.15, -0.1) is 0 Å². The Morgan fingerprint density at radius 2 is 2.06 bits per heavy atom. The maximum atomic E-state index is 8.31. The lowest BCUT2D eigenvalue weighted by Crippen LogP contribution is -1.90. The summed E-state index contributed by atoms with van der Waals surface area (Å²) in [6.07, 6.45) is -1.82. The van der Waals surface area contributed by atoms with Gasteiger partial charge in [0, 0.05) is 12.2 Å². The smallest absolute Gasteiger partial charge is 0.118 e. The fraction of sp³-hybridized carbons (Fsp3) is 0.143. The van der Waals surface area contributed by atoms with E-state index in [4.69, 9.17) is 23.2 Å². The highest BCUT2D eigenvalue weighted by Crippen LogP contribution is 2.24. The first kappa shape index (κ1) is 7.45. The molecule has 0 saturated heterocycles. The molecule has 2 aromatic rings. The van der Waals surface area contributed by atoms with Crippen molar-refractivity contribution in [3.05, 3.63) is 63.1 Å². The predicted octanol–water partition coefficient (Wildman–Crippen LogP) is 4.70. The summed E-state index contributed by atoms with van der Waals surface area (Å²) < 4.78 is 43.2. The molecule has 0 aliphatic carbocycles. The predicted molar refractivity (Wildman–Crippen MR) is 75.0 cm³/mol. The van der Waals surface area contributed by atoms with Crippen molar-refractivity contribution in [3.63, 3.8) is 0 Å². The van der Waals surface area contributed by atoms with Crippen molar-refractivity contribution >= 4 is 27.5 Å². The minimum Gasteiger partial charge on any atom is -0.497 e. The standard InChI is InChI=1S/C14H12BrClO/c1-17-13-5-2-10(3-6-13)8-11-9-12(15)4-7-14(11)16/h2-7,9H,8H2,1H3/i1D3,8D2. The molecule has 0 aromatic heterocycles. The molecule has 0 amide bonds. The molecular formula is C14H12BrClO. The van der Waals surface area contributed by atoms with Gasteiger partial charge < -0.3 is 4.74 Å². The lowest BCUT2D eigenvalue weighted by Gasteiger charge is -2.06. The molecule has 88 valence electrons. The summed E-state index contributed by atoms with van der Waals surface area (Å²) in [6, 6.07) is 10.8. The van der Waals surface area contributed by atoms with Crippen molar-refractivity contribution in [1.82, 2.24) is 0 Å². The van der Waals surface area contributed by atoms with Gasteiger partial charge in [-0.3, -0.25) is 0 Å². The van der Waals surface area contributed by atoms with Crippen LogP contribution in [0.4, 0.5) is 0 Å². The molecule has 0 saturated carbocycles. The van der Waals surface area contributed by atoms with E-state index in [2.05, 4.69) is 15.9 Å². The van der Waals surface area contributed by atoms with Crippen LogP contribution < -0.4 is 4.74 Å². The van der Waals surface area contributed by atoms with E-state index in [1.807, 2.05) is 0 Å². The molecule has 0 fully saturated rings. The van der Waals surface area contributed by atoms with Crippen LogP contribution in [0.15, 0.2) is 46.9 Å². The maximum Gasteiger partial charge on any atom is 0.118 e. The lowest BCUT2D eigenvalue weighted by molar-refractivity contribution is 0.414. The van der Waals surface area contributed by atoms with Gasteiger partial charge in [0.25, 0.3) is 0 Å². The zero-order valence-electron chi connectivity index (χ0n) is 13.7. The molecule has 0 aliphatic rings. The average Bonchev–Trinajstić information content (AvgIpc) is 2.40. The van der Waals surface area contributed by atoms with Gasteiger partial charge in [-0.05, 0) is 47.8 Å². The van der Waals surface area contributed by atoms with Crippen LogP contribution in [-0.4, -0.2) is 7.04 Å². The molecule has 1 nitrogen and oxygen atoms in total. The second-order valence-corrected chi connectivity index (χ2v) is 4.70. The van der Waals surface area contributed by atoms with Gasteiger partial charge >= 0.3 is 0 Å². The Morgan fingerprint density at radius 1 is 1.29 bits per heavy atom. The van der Waals surface area contributed by atoms with Gasteiger partial charge in [0.05, 0.1) is 11.2 Å². The minimum atomic E-state index is -2.53. The monoisotopic (exact) mass is 315 g/mol. The lowest BCUT2D eigenvalue weighted by atomic mass is 10.1. The zero-order valence-corrected chi connectivity index (χ0v) is 11.0. The fourth-order valence-corrected chi connectivity index (χ4v) is 1.88. The summed E-state index contributed by atoms with van der Waals surface area (Å²) in [6.45, 7) is 0. The Labute approximate surface area is 122 Å². The van der Waals surface area contributed by atoms with E-state index in [0.717, 1.165) is 4.47 Å². The van der Waals surface area contributed by atoms with Crippen molar-refractivity contribution < 1.29 is 11.6 Å². The van der Waals surface area contributed by atoms with Crippen molar-refractivity contribution in [2.45, 2.75) is 6.37 Å². The van der Waals surface area contributed by atoms with E-state index < -0.39 is 13.4 Å². The van der Waals surface area contributed by atoms with Crippen LogP contribution in [0.2, 0.25) is 5.02 Å². The number of methoxy groups -OCH3 is 1. The van der Waals surface area contributed by atoms with E-state index in [-0.39, 0.29) is 5.75 Å². The molecule has 0 spiro atoms. The van der Waals surface area contributed by atoms with E-state index >= 15 is 0 Å². The topological polar surface area (TPSA) is 9.23 Å². The molecule has 17 heavy (non-hydrogen) atoms. The normalized spacial score (nSPS) is 16.2. The van der Waals surface area contributed by atoms with Crippen LogP contribution in [0, 0.1) is 0 Å². The summed E-state index contributed by atoms with van der Waals surface area (Å²) in [7, 11) is -2.53. The van der Waals surface area contributed by atoms with Crippen molar-refractivity contribution in [2.75, 3.05) is 7.04 Å². The van der Waals surface area contributed by atoms with Crippen molar-refractivity contribution in [1.29, 1.82) is 0 Å². The molecule has 0 N–H and O–H groups in total. The first-order valence-electron chi connectivity index (χ1n) is 7.35. The third-order valence-corrected chi connectivity index (χ3v) is 3.00. The molecule has 0 unspecified atom stereocenters. The van der Waals surface area contributed by atoms with Crippen LogP contribution in [0.1, 0.15) is 18.0 Å². The number of hydrogen-bond donors (Lipinski definition) is 0. The largest absolute Gasteiger partial charge is 0.497 e. The molecule has 3 heteroatoms. The number of rotatable bonds is 3. The fourth-order valence-electron chi connectivity index (χ4n) is 1.36. The molecule has 0 atom stereocenters. The quantitative estimate of drug-likeness (QED) is 0.797. The first-order valence-corrected chi connectivity index (χ1v) is 6.02. The molecule has 0 bridgehead atoms. The van der Waals surface area contributed by atoms with E-state index in [1.165, 1.54) is 24.3 Å². The second kappa shape index (κ2) is 5.56. The Balaban J connectivity index is 2.35. The highest BCUT2D eigenvalue weighted by molar-refractivity contribution is 9.10. The van der Waals surface area contributed by atoms with Gasteiger partial charge in [-0.2, -0.15) is 0 Å². The Hall–Kier alpha value is -0.990. The van der Waals surface area contributed by atoms with Crippen molar-refractivity contribution in [3.8, 4) is 5.75 Å². The van der Waals surface area contributed by atoms with Crippen LogP contribution in [0.3, 0.4) is 0 Å². The highest BCUT2D eigenvalue weighted by Gasteiger charge is 2.03. The zero-order chi connectivity index (χ0) is 16.5.